The zero-order chi connectivity index (χ0) is 9.02. The summed E-state index contributed by atoms with van der Waals surface area (Å²) in [4.78, 5) is 22.1. The van der Waals surface area contributed by atoms with Crippen molar-refractivity contribution in [3.05, 3.63) is 0 Å². The van der Waals surface area contributed by atoms with E-state index in [1.165, 1.54) is 6.92 Å². The third-order valence-electron chi connectivity index (χ3n) is 1.56. The van der Waals surface area contributed by atoms with Gasteiger partial charge in [-0.3, -0.25) is 9.59 Å². The minimum Gasteiger partial charge on any atom is -0.299 e. The number of thioether (sulfide) groups is 1. The van der Waals surface area contributed by atoms with E-state index in [0.29, 0.717) is 0 Å². The van der Waals surface area contributed by atoms with Crippen LogP contribution < -0.4 is 0 Å². The molecule has 0 spiro atoms. The number of rotatable bonds is 3. The largest absolute Gasteiger partial charge is 0.299 e. The van der Waals surface area contributed by atoms with Gasteiger partial charge in [-0.05, 0) is 19.1 Å². The standard InChI is InChI=1S/C8H14O2S/c1-5(2)7(6(3)9)8(10)11-4/h5,7H,1-4H3. The highest BCUT2D eigenvalue weighted by molar-refractivity contribution is 8.13. The first-order valence-corrected chi connectivity index (χ1v) is 4.81. The Balaban J connectivity index is 4.34. The Morgan fingerprint density at radius 3 is 1.82 bits per heavy atom. The summed E-state index contributed by atoms with van der Waals surface area (Å²) in [6.07, 6.45) is 1.71. The minimum absolute atomic E-state index is 0.0208. The molecule has 0 saturated carbocycles. The molecular formula is C8H14O2S. The second kappa shape index (κ2) is 4.54. The Labute approximate surface area is 71.7 Å². The van der Waals surface area contributed by atoms with Gasteiger partial charge < -0.3 is 0 Å². The van der Waals surface area contributed by atoms with Crippen molar-refractivity contribution in [2.24, 2.45) is 11.8 Å². The molecule has 0 amide bonds. The predicted octanol–water partition coefficient (Wildman–Crippen LogP) is 1.74. The molecule has 2 nitrogen and oxygen atoms in total. The molecule has 0 saturated heterocycles. The van der Waals surface area contributed by atoms with E-state index < -0.39 is 5.92 Å². The number of hydrogen-bond donors (Lipinski definition) is 0. The highest BCUT2D eigenvalue weighted by atomic mass is 32.2. The first kappa shape index (κ1) is 10.7. The zero-order valence-electron chi connectivity index (χ0n) is 7.38. The van der Waals surface area contributed by atoms with Crippen molar-refractivity contribution < 1.29 is 9.59 Å². The average Bonchev–Trinajstić information content (AvgIpc) is 1.85. The van der Waals surface area contributed by atoms with Crippen molar-refractivity contribution in [3.8, 4) is 0 Å². The number of carbonyl (C=O) groups excluding carboxylic acids is 2. The Morgan fingerprint density at radius 1 is 1.27 bits per heavy atom. The van der Waals surface area contributed by atoms with Crippen LogP contribution in [0.25, 0.3) is 0 Å². The van der Waals surface area contributed by atoms with Gasteiger partial charge in [-0.2, -0.15) is 0 Å². The lowest BCUT2D eigenvalue weighted by Gasteiger charge is -2.14. The van der Waals surface area contributed by atoms with E-state index in [0.717, 1.165) is 11.8 Å². The average molecular weight is 174 g/mol. The van der Waals surface area contributed by atoms with Crippen LogP contribution in [0.3, 0.4) is 0 Å². The summed E-state index contributed by atoms with van der Waals surface area (Å²) in [7, 11) is 0. The topological polar surface area (TPSA) is 34.1 Å². The smallest absolute Gasteiger partial charge is 0.199 e. The van der Waals surface area contributed by atoms with Crippen molar-refractivity contribution in [2.45, 2.75) is 20.8 Å². The third kappa shape index (κ3) is 3.06. The fourth-order valence-corrected chi connectivity index (χ4v) is 1.73. The summed E-state index contributed by atoms with van der Waals surface area (Å²) in [6.45, 7) is 5.25. The molecule has 0 radical (unpaired) electrons. The molecule has 0 fully saturated rings. The number of ketones is 1. The maximum Gasteiger partial charge on any atom is 0.199 e. The fourth-order valence-electron chi connectivity index (χ4n) is 1.03. The molecule has 0 rings (SSSR count). The van der Waals surface area contributed by atoms with Gasteiger partial charge in [-0.1, -0.05) is 25.6 Å². The molecule has 1 atom stereocenters. The summed E-state index contributed by atoms with van der Waals surface area (Å²) in [5, 5.41) is -0.0208. The van der Waals surface area contributed by atoms with Crippen molar-refractivity contribution in [1.82, 2.24) is 0 Å². The van der Waals surface area contributed by atoms with Crippen LogP contribution in [0.5, 0.6) is 0 Å². The van der Waals surface area contributed by atoms with Crippen molar-refractivity contribution in [3.63, 3.8) is 0 Å². The molecule has 1 unspecified atom stereocenters. The van der Waals surface area contributed by atoms with E-state index in [4.69, 9.17) is 0 Å². The van der Waals surface area contributed by atoms with E-state index in [-0.39, 0.29) is 16.8 Å². The van der Waals surface area contributed by atoms with Crippen molar-refractivity contribution >= 4 is 22.7 Å². The molecule has 0 heterocycles. The molecule has 11 heavy (non-hydrogen) atoms. The van der Waals surface area contributed by atoms with E-state index in [1.54, 1.807) is 6.26 Å². The van der Waals surface area contributed by atoms with Crippen LogP contribution in [0.15, 0.2) is 0 Å². The fraction of sp³-hybridized carbons (Fsp3) is 0.750. The number of Topliss-reactive ketones (excluding diaryl/α,β-unsaturated/α-hetero) is 1. The second-order valence-electron chi connectivity index (χ2n) is 2.86. The Hall–Kier alpha value is -0.310. The highest BCUT2D eigenvalue weighted by Gasteiger charge is 2.25. The van der Waals surface area contributed by atoms with Crippen LogP contribution in [0, 0.1) is 11.8 Å². The summed E-state index contributed by atoms with van der Waals surface area (Å²) in [5.74, 6) is -0.322. The van der Waals surface area contributed by atoms with Gasteiger partial charge in [0.2, 0.25) is 0 Å². The lowest BCUT2D eigenvalue weighted by atomic mass is 9.94. The molecule has 0 aromatic carbocycles. The lowest BCUT2D eigenvalue weighted by Crippen LogP contribution is -2.24. The predicted molar refractivity (Wildman–Crippen MR) is 47.5 cm³/mol. The first-order valence-electron chi connectivity index (χ1n) is 3.59. The molecule has 0 aliphatic rings. The normalized spacial score (nSPS) is 13.2. The summed E-state index contributed by atoms with van der Waals surface area (Å²) in [5.41, 5.74) is 0. The molecule has 0 aromatic rings. The SMILES string of the molecule is CSC(=O)C(C(C)=O)C(C)C. The van der Waals surface area contributed by atoms with Gasteiger partial charge in [0.05, 0.1) is 5.92 Å². The molecule has 0 bridgehead atoms. The Bertz CT molecular complexity index is 163. The monoisotopic (exact) mass is 174 g/mol. The Kier molecular flexibility index (Phi) is 4.42. The maximum absolute atomic E-state index is 11.1. The van der Waals surface area contributed by atoms with Crippen LogP contribution in [0.4, 0.5) is 0 Å². The third-order valence-corrected chi connectivity index (χ3v) is 2.22. The Morgan fingerprint density at radius 2 is 1.73 bits per heavy atom. The first-order chi connectivity index (χ1) is 5.00. The van der Waals surface area contributed by atoms with Crippen LogP contribution >= 0.6 is 11.8 Å². The van der Waals surface area contributed by atoms with Gasteiger partial charge in [0.15, 0.2) is 5.12 Å². The van der Waals surface area contributed by atoms with E-state index >= 15 is 0 Å². The summed E-state index contributed by atoms with van der Waals surface area (Å²) >= 11 is 1.13. The number of carbonyl (C=O) groups is 2. The van der Waals surface area contributed by atoms with Crippen molar-refractivity contribution in [1.29, 1.82) is 0 Å². The number of hydrogen-bond acceptors (Lipinski definition) is 3. The van der Waals surface area contributed by atoms with Crippen LogP contribution in [0.2, 0.25) is 0 Å². The van der Waals surface area contributed by atoms with Crippen LogP contribution in [-0.4, -0.2) is 17.2 Å². The van der Waals surface area contributed by atoms with Gasteiger partial charge in [0.1, 0.15) is 5.78 Å². The van der Waals surface area contributed by atoms with Gasteiger partial charge in [0.25, 0.3) is 0 Å². The summed E-state index contributed by atoms with van der Waals surface area (Å²) in [6, 6.07) is 0. The summed E-state index contributed by atoms with van der Waals surface area (Å²) < 4.78 is 0. The molecule has 0 aromatic heterocycles. The van der Waals surface area contributed by atoms with Crippen LogP contribution in [-0.2, 0) is 9.59 Å². The van der Waals surface area contributed by atoms with Gasteiger partial charge in [-0.25, -0.2) is 0 Å². The molecule has 0 aliphatic carbocycles. The molecular weight excluding hydrogens is 160 g/mol. The van der Waals surface area contributed by atoms with Gasteiger partial charge in [0, 0.05) is 0 Å². The van der Waals surface area contributed by atoms with Crippen LogP contribution in [0.1, 0.15) is 20.8 Å². The molecule has 0 aliphatic heterocycles. The van der Waals surface area contributed by atoms with E-state index in [9.17, 15) is 9.59 Å². The lowest BCUT2D eigenvalue weighted by molar-refractivity contribution is -0.128. The van der Waals surface area contributed by atoms with E-state index in [2.05, 4.69) is 0 Å². The van der Waals surface area contributed by atoms with Gasteiger partial charge in [-0.15, -0.1) is 0 Å². The second-order valence-corrected chi connectivity index (χ2v) is 3.67. The van der Waals surface area contributed by atoms with Gasteiger partial charge >= 0.3 is 0 Å². The quantitative estimate of drug-likeness (QED) is 0.611. The zero-order valence-corrected chi connectivity index (χ0v) is 8.20. The van der Waals surface area contributed by atoms with E-state index in [1.807, 2.05) is 13.8 Å². The maximum atomic E-state index is 11.1. The van der Waals surface area contributed by atoms with Crippen molar-refractivity contribution in [2.75, 3.05) is 6.26 Å². The minimum atomic E-state index is -0.412. The highest BCUT2D eigenvalue weighted by Crippen LogP contribution is 2.18. The molecule has 0 N–H and O–H groups in total. The molecule has 3 heteroatoms. The molecule has 64 valence electrons.